The fraction of sp³-hybridized carbons (Fsp3) is 0.476. The van der Waals surface area contributed by atoms with Crippen LogP contribution in [0.4, 0.5) is 43.4 Å². The molecule has 6 aliphatic heterocycles. The zero-order valence-electron chi connectivity index (χ0n) is 52.7. The average molecular weight is 1390 g/mol. The van der Waals surface area contributed by atoms with Gasteiger partial charge in [-0.3, -0.25) is 0 Å². The van der Waals surface area contributed by atoms with E-state index in [0.29, 0.717) is 129 Å². The molecule has 3 N–H and O–H groups in total. The summed E-state index contributed by atoms with van der Waals surface area (Å²) in [5, 5.41) is 2.38. The summed E-state index contributed by atoms with van der Waals surface area (Å²) in [6.07, 6.45) is 14.7. The highest BCUT2D eigenvalue weighted by molar-refractivity contribution is 7.88. The van der Waals surface area contributed by atoms with Crippen molar-refractivity contribution in [3.8, 4) is 0 Å². The Balaban J connectivity index is 0.000000130. The van der Waals surface area contributed by atoms with E-state index in [-0.39, 0.29) is 56.7 Å². The van der Waals surface area contributed by atoms with Crippen molar-refractivity contribution >= 4 is 80.2 Å². The fourth-order valence-electron chi connectivity index (χ4n) is 14.7. The Bertz CT molecular complexity index is 4180. The zero-order valence-corrected chi connectivity index (χ0v) is 55.2. The van der Waals surface area contributed by atoms with Gasteiger partial charge >= 0.3 is 0 Å². The molecule has 3 atom stereocenters. The van der Waals surface area contributed by atoms with Crippen molar-refractivity contribution in [2.45, 2.75) is 133 Å². The largest absolute Gasteiger partial charge is 0.357 e. The van der Waals surface area contributed by atoms with Gasteiger partial charge in [0.2, 0.25) is 30.1 Å². The molecule has 1 unspecified atom stereocenters. The van der Waals surface area contributed by atoms with E-state index >= 15 is 0 Å². The highest BCUT2D eigenvalue weighted by atomic mass is 32.2. The molecule has 0 aliphatic carbocycles. The number of pyridine rings is 3. The molecule has 0 amide bonds. The van der Waals surface area contributed by atoms with Crippen molar-refractivity contribution in [1.82, 2.24) is 72.7 Å². The second kappa shape index (κ2) is 27.1. The molecule has 6 aliphatic rings. The second-order valence-corrected chi connectivity index (χ2v) is 31.2. The van der Waals surface area contributed by atoms with Crippen molar-refractivity contribution < 1.29 is 51.6 Å². The number of hydrogen-bond donors (Lipinski definition) is 3. The number of sulfonamides is 3. The standard InChI is InChI=1S/3C21H24F2N6O2S/c3*1-32(30,31)28-8-4-13(5-9-28)19-15-11-29(17-3-7-25-21-14(17)2-6-24-21)18(20(22)23)10-16(15)26-12-27-19/h3*2-3,6-7,12-13,18,20H,4-5,8-11H2,1H3,(H,24,25)/t2*18-;/m10./s1. The minimum absolute atomic E-state index is 0.0689. The number of piperidine rings is 3. The molecule has 0 spiro atoms. The predicted octanol–water partition coefficient (Wildman–Crippen LogP) is 8.06. The van der Waals surface area contributed by atoms with Crippen molar-refractivity contribution in [2.75, 3.05) is 72.7 Å². The number of aromatic amines is 3. The van der Waals surface area contributed by atoms with Gasteiger partial charge in [0.25, 0.3) is 19.3 Å². The van der Waals surface area contributed by atoms with E-state index in [9.17, 15) is 51.6 Å². The van der Waals surface area contributed by atoms with Crippen molar-refractivity contribution in [3.05, 3.63) is 143 Å². The number of H-pyrrole nitrogens is 3. The molecule has 0 saturated carbocycles. The Morgan fingerprint density at radius 2 is 0.646 bits per heavy atom. The van der Waals surface area contributed by atoms with Crippen LogP contribution in [-0.4, -0.2) is 193 Å². The second-order valence-electron chi connectivity index (χ2n) is 25.3. The number of fused-ring (bicyclic) bond motifs is 6. The first-order valence-electron chi connectivity index (χ1n) is 31.7. The molecular formula is C63H72F6N18O6S3. The molecular weight excluding hydrogens is 1320 g/mol. The lowest BCUT2D eigenvalue weighted by Crippen LogP contribution is -2.46. The van der Waals surface area contributed by atoms with E-state index < -0.39 is 67.5 Å². The van der Waals surface area contributed by atoms with E-state index in [1.807, 2.05) is 18.2 Å². The van der Waals surface area contributed by atoms with Crippen LogP contribution in [0.5, 0.6) is 0 Å². The summed E-state index contributed by atoms with van der Waals surface area (Å²) in [5.74, 6) is 0.207. The van der Waals surface area contributed by atoms with Crippen LogP contribution in [0.25, 0.3) is 33.1 Å². The third kappa shape index (κ3) is 13.6. The maximum atomic E-state index is 14.1. The number of halogens is 6. The summed E-state index contributed by atoms with van der Waals surface area (Å²) in [5.41, 5.74) is 11.2. The van der Waals surface area contributed by atoms with Crippen LogP contribution in [0, 0.1) is 0 Å². The molecule has 33 heteroatoms. The van der Waals surface area contributed by atoms with Gasteiger partial charge in [-0.1, -0.05) is 0 Å². The predicted molar refractivity (Wildman–Crippen MR) is 349 cm³/mol. The minimum Gasteiger partial charge on any atom is -0.357 e. The van der Waals surface area contributed by atoms with Crippen LogP contribution in [0.3, 0.4) is 0 Å². The van der Waals surface area contributed by atoms with Crippen molar-refractivity contribution in [2.24, 2.45) is 0 Å². The number of anilines is 3. The number of hydrogen-bond acceptors (Lipinski definition) is 18. The molecule has 3 fully saturated rings. The summed E-state index contributed by atoms with van der Waals surface area (Å²) < 4.78 is 160. The van der Waals surface area contributed by atoms with Gasteiger partial charge in [0, 0.05) is 166 Å². The molecule has 9 aromatic heterocycles. The van der Waals surface area contributed by atoms with Crippen molar-refractivity contribution in [1.29, 1.82) is 0 Å². The van der Waals surface area contributed by atoms with Gasteiger partial charge in [-0.2, -0.15) is 0 Å². The van der Waals surface area contributed by atoms with E-state index in [4.69, 9.17) is 0 Å². The van der Waals surface area contributed by atoms with E-state index in [0.717, 1.165) is 49.9 Å². The third-order valence-corrected chi connectivity index (χ3v) is 23.5. The van der Waals surface area contributed by atoms with Gasteiger partial charge in [-0.15, -0.1) is 0 Å². The van der Waals surface area contributed by atoms with E-state index in [2.05, 4.69) is 59.8 Å². The highest BCUT2D eigenvalue weighted by Crippen LogP contribution is 2.43. The van der Waals surface area contributed by atoms with Crippen LogP contribution in [0.2, 0.25) is 0 Å². The quantitative estimate of drug-likeness (QED) is 0.0975. The van der Waals surface area contributed by atoms with Gasteiger partial charge in [0.05, 0.1) is 88.1 Å². The van der Waals surface area contributed by atoms with Crippen LogP contribution in [-0.2, 0) is 69.0 Å². The molecule has 0 radical (unpaired) electrons. The number of nitrogens with one attached hydrogen (secondary N) is 3. The summed E-state index contributed by atoms with van der Waals surface area (Å²) in [6.45, 7) is 3.41. The number of rotatable bonds is 12. The molecule has 24 nitrogen and oxygen atoms in total. The third-order valence-electron chi connectivity index (χ3n) is 19.6. The monoisotopic (exact) mass is 1390 g/mol. The maximum Gasteiger partial charge on any atom is 0.258 e. The Kier molecular flexibility index (Phi) is 18.8. The first kappa shape index (κ1) is 66.6. The summed E-state index contributed by atoms with van der Waals surface area (Å²) in [4.78, 5) is 53.8. The highest BCUT2D eigenvalue weighted by Gasteiger charge is 2.42. The van der Waals surface area contributed by atoms with Gasteiger partial charge in [-0.25, -0.2) is 109 Å². The van der Waals surface area contributed by atoms with Crippen molar-refractivity contribution in [3.63, 3.8) is 0 Å². The molecule has 9 aromatic rings. The van der Waals surface area contributed by atoms with Crippen LogP contribution in [0.1, 0.15) is 107 Å². The number of nitrogens with zero attached hydrogens (tertiary/aromatic N) is 15. The van der Waals surface area contributed by atoms with Crippen LogP contribution in [0.15, 0.2) is 92.6 Å². The van der Waals surface area contributed by atoms with E-state index in [1.54, 1.807) is 70.1 Å². The molecule has 15 heterocycles. The Labute approximate surface area is 550 Å². The topological polar surface area (TPSA) is 285 Å². The summed E-state index contributed by atoms with van der Waals surface area (Å²) in [6, 6.07) is 7.84. The summed E-state index contributed by atoms with van der Waals surface area (Å²) >= 11 is 0. The normalized spacial score (nSPS) is 20.8. The smallest absolute Gasteiger partial charge is 0.258 e. The molecule has 15 rings (SSSR count). The van der Waals surface area contributed by atoms with E-state index in [1.165, 1.54) is 50.7 Å². The number of alkyl halides is 6. The van der Waals surface area contributed by atoms with Gasteiger partial charge < -0.3 is 29.7 Å². The Morgan fingerprint density at radius 3 is 0.885 bits per heavy atom. The summed E-state index contributed by atoms with van der Waals surface area (Å²) in [7, 11) is -9.68. The molecule has 510 valence electrons. The van der Waals surface area contributed by atoms with Gasteiger partial charge in [0.15, 0.2) is 0 Å². The minimum atomic E-state index is -3.23. The maximum absolute atomic E-state index is 14.1. The zero-order chi connectivity index (χ0) is 67.4. The number of aromatic nitrogens is 12. The first-order valence-corrected chi connectivity index (χ1v) is 37.3. The molecule has 0 bridgehead atoms. The lowest BCUT2D eigenvalue weighted by atomic mass is 9.87. The average Bonchev–Trinajstić information content (AvgIpc) is 1.76. The molecule has 0 aromatic carbocycles. The first-order chi connectivity index (χ1) is 46.0. The van der Waals surface area contributed by atoms with Crippen LogP contribution < -0.4 is 14.7 Å². The van der Waals surface area contributed by atoms with Gasteiger partial charge in [-0.05, 0) is 74.9 Å². The lowest BCUT2D eigenvalue weighted by molar-refractivity contribution is 0.107. The Morgan fingerprint density at radius 1 is 0.385 bits per heavy atom. The lowest BCUT2D eigenvalue weighted by Gasteiger charge is -2.39. The molecule has 96 heavy (non-hydrogen) atoms. The fourth-order valence-corrected chi connectivity index (χ4v) is 17.3. The van der Waals surface area contributed by atoms with Gasteiger partial charge in [0.1, 0.15) is 35.9 Å². The van der Waals surface area contributed by atoms with Crippen LogP contribution >= 0.6 is 0 Å². The SMILES string of the molecule is CS(=O)(=O)N1CCC(c2ncnc3c2CN(c2ccnc4[nH]ccc24)C(C(F)F)C3)CC1.CS(=O)(=O)N1CCC(c2ncnc3c2CN(c2ccnc4[nH]ccc24)[C@@H](C(F)F)C3)CC1.CS(=O)(=O)N1CCC(c2ncnc3c2CN(c2ccnc4[nH]ccc24)[C@H](C(F)F)C3)CC1. The molecule has 3 saturated heterocycles. The Hall–Kier alpha value is -7.98.